The minimum atomic E-state index is 0.228. The van der Waals surface area contributed by atoms with E-state index in [9.17, 15) is 0 Å². The normalized spacial score (nSPS) is 10.4. The Morgan fingerprint density at radius 1 is 1.50 bits per heavy atom. The first kappa shape index (κ1) is 8.61. The second-order valence-electron chi connectivity index (χ2n) is 2.74. The molecule has 6 heteroatoms. The first-order valence-electron chi connectivity index (χ1n) is 4.13. The quantitative estimate of drug-likeness (QED) is 0.720. The van der Waals surface area contributed by atoms with Gasteiger partial charge in [-0.15, -0.1) is 5.10 Å². The topological polar surface area (TPSA) is 77.5 Å². The molecular formula is C8H11N5O. The third-order valence-electron chi connectivity index (χ3n) is 1.94. The van der Waals surface area contributed by atoms with Crippen LogP contribution in [0.2, 0.25) is 0 Å². The van der Waals surface area contributed by atoms with E-state index in [1.807, 2.05) is 12.1 Å². The molecule has 2 aromatic heterocycles. The molecule has 0 aliphatic rings. The van der Waals surface area contributed by atoms with Gasteiger partial charge in [0, 0.05) is 7.05 Å². The molecule has 0 saturated carbocycles. The average molecular weight is 193 g/mol. The van der Waals surface area contributed by atoms with Gasteiger partial charge in [-0.3, -0.25) is 0 Å². The van der Waals surface area contributed by atoms with Crippen molar-refractivity contribution in [1.29, 1.82) is 0 Å². The highest BCUT2D eigenvalue weighted by Crippen LogP contribution is 2.21. The van der Waals surface area contributed by atoms with Gasteiger partial charge in [0.05, 0.1) is 7.11 Å². The average Bonchev–Trinajstić information content (AvgIpc) is 2.57. The van der Waals surface area contributed by atoms with Crippen LogP contribution in [-0.2, 0) is 0 Å². The zero-order chi connectivity index (χ0) is 10.1. The highest BCUT2D eigenvalue weighted by Gasteiger charge is 2.09. The molecule has 0 aliphatic carbocycles. The van der Waals surface area contributed by atoms with Crippen molar-refractivity contribution in [1.82, 2.24) is 14.6 Å². The Labute approximate surface area is 80.7 Å². The molecule has 0 bridgehead atoms. The SMILES string of the molecule is CNc1ccc(OC)c2nc(N)nn12. The molecule has 3 N–H and O–H groups in total. The van der Waals surface area contributed by atoms with Crippen LogP contribution < -0.4 is 15.8 Å². The maximum absolute atomic E-state index is 5.51. The molecule has 2 aromatic rings. The smallest absolute Gasteiger partial charge is 0.240 e. The van der Waals surface area contributed by atoms with E-state index in [1.165, 1.54) is 0 Å². The molecule has 2 rings (SSSR count). The third kappa shape index (κ3) is 1.12. The molecule has 74 valence electrons. The number of anilines is 2. The van der Waals surface area contributed by atoms with Crippen molar-refractivity contribution in [3.05, 3.63) is 12.1 Å². The Kier molecular flexibility index (Phi) is 1.88. The first-order chi connectivity index (χ1) is 6.76. The van der Waals surface area contributed by atoms with E-state index in [0.717, 1.165) is 5.82 Å². The summed E-state index contributed by atoms with van der Waals surface area (Å²) in [4.78, 5) is 4.06. The molecule has 0 spiro atoms. The molecule has 6 nitrogen and oxygen atoms in total. The van der Waals surface area contributed by atoms with Gasteiger partial charge in [0.1, 0.15) is 5.82 Å². The highest BCUT2D eigenvalue weighted by atomic mass is 16.5. The molecule has 0 aromatic carbocycles. The number of hydrogen-bond donors (Lipinski definition) is 2. The summed E-state index contributed by atoms with van der Waals surface area (Å²) in [6.07, 6.45) is 0. The van der Waals surface area contributed by atoms with E-state index in [1.54, 1.807) is 18.7 Å². The molecule has 0 atom stereocenters. The maximum atomic E-state index is 5.51. The molecule has 0 amide bonds. The first-order valence-corrected chi connectivity index (χ1v) is 4.13. The lowest BCUT2D eigenvalue weighted by atomic mass is 10.4. The van der Waals surface area contributed by atoms with Crippen molar-refractivity contribution in [3.8, 4) is 5.75 Å². The van der Waals surface area contributed by atoms with Gasteiger partial charge in [0.25, 0.3) is 0 Å². The molecular weight excluding hydrogens is 182 g/mol. The Hall–Kier alpha value is -1.98. The largest absolute Gasteiger partial charge is 0.493 e. The summed E-state index contributed by atoms with van der Waals surface area (Å²) < 4.78 is 6.74. The molecule has 0 saturated heterocycles. The number of hydrogen-bond acceptors (Lipinski definition) is 5. The number of nitrogen functional groups attached to an aromatic ring is 1. The monoisotopic (exact) mass is 193 g/mol. The van der Waals surface area contributed by atoms with Crippen molar-refractivity contribution in [2.75, 3.05) is 25.2 Å². The zero-order valence-corrected chi connectivity index (χ0v) is 7.98. The lowest BCUT2D eigenvalue weighted by Crippen LogP contribution is -2.00. The van der Waals surface area contributed by atoms with Crippen molar-refractivity contribution >= 4 is 17.4 Å². The van der Waals surface area contributed by atoms with Crippen molar-refractivity contribution in [2.45, 2.75) is 0 Å². The lowest BCUT2D eigenvalue weighted by Gasteiger charge is -2.05. The van der Waals surface area contributed by atoms with Crippen LogP contribution in [0.4, 0.5) is 11.8 Å². The van der Waals surface area contributed by atoms with E-state index in [4.69, 9.17) is 10.5 Å². The molecule has 14 heavy (non-hydrogen) atoms. The maximum Gasteiger partial charge on any atom is 0.240 e. The van der Waals surface area contributed by atoms with Gasteiger partial charge in [-0.05, 0) is 12.1 Å². The van der Waals surface area contributed by atoms with Crippen LogP contribution in [-0.4, -0.2) is 28.8 Å². The number of ether oxygens (including phenoxy) is 1. The molecule has 0 aliphatic heterocycles. The standard InChI is InChI=1S/C8H11N5O/c1-10-6-4-3-5(14-2)7-11-8(9)12-13(6)7/h3-4,10H,1-2H3,(H2,9,12). The summed E-state index contributed by atoms with van der Waals surface area (Å²) >= 11 is 0. The van der Waals surface area contributed by atoms with Crippen LogP contribution in [0.1, 0.15) is 0 Å². The minimum Gasteiger partial charge on any atom is -0.493 e. The van der Waals surface area contributed by atoms with Gasteiger partial charge >= 0.3 is 0 Å². The van der Waals surface area contributed by atoms with Gasteiger partial charge < -0.3 is 15.8 Å². The van der Waals surface area contributed by atoms with Crippen LogP contribution >= 0.6 is 0 Å². The molecule has 0 unspecified atom stereocenters. The van der Waals surface area contributed by atoms with E-state index >= 15 is 0 Å². The lowest BCUT2D eigenvalue weighted by molar-refractivity contribution is 0.416. The van der Waals surface area contributed by atoms with E-state index in [-0.39, 0.29) is 5.95 Å². The molecule has 0 radical (unpaired) electrons. The summed E-state index contributed by atoms with van der Waals surface area (Å²) in [5, 5.41) is 7.02. The Balaban J connectivity index is 2.77. The number of pyridine rings is 1. The summed E-state index contributed by atoms with van der Waals surface area (Å²) in [7, 11) is 3.39. The van der Waals surface area contributed by atoms with Gasteiger partial charge in [0.15, 0.2) is 5.75 Å². The highest BCUT2D eigenvalue weighted by molar-refractivity contribution is 5.60. The molecule has 2 heterocycles. The second-order valence-corrected chi connectivity index (χ2v) is 2.74. The summed E-state index contributed by atoms with van der Waals surface area (Å²) in [6.45, 7) is 0. The van der Waals surface area contributed by atoms with Crippen LogP contribution in [0, 0.1) is 0 Å². The fourth-order valence-corrected chi connectivity index (χ4v) is 1.30. The summed E-state index contributed by atoms with van der Waals surface area (Å²) in [5.74, 6) is 1.68. The van der Waals surface area contributed by atoms with Crippen molar-refractivity contribution < 1.29 is 4.74 Å². The number of methoxy groups -OCH3 is 1. The summed E-state index contributed by atoms with van der Waals surface area (Å²) in [6, 6.07) is 3.66. The fraction of sp³-hybridized carbons (Fsp3) is 0.250. The minimum absolute atomic E-state index is 0.228. The Morgan fingerprint density at radius 3 is 2.93 bits per heavy atom. The Morgan fingerprint density at radius 2 is 2.29 bits per heavy atom. The zero-order valence-electron chi connectivity index (χ0n) is 7.98. The number of aromatic nitrogens is 3. The van der Waals surface area contributed by atoms with Crippen LogP contribution in [0.15, 0.2) is 12.1 Å². The predicted molar refractivity (Wildman–Crippen MR) is 53.5 cm³/mol. The van der Waals surface area contributed by atoms with E-state index < -0.39 is 0 Å². The van der Waals surface area contributed by atoms with Gasteiger partial charge in [-0.1, -0.05) is 0 Å². The van der Waals surface area contributed by atoms with Crippen LogP contribution in [0.3, 0.4) is 0 Å². The molecule has 0 fully saturated rings. The number of fused-ring (bicyclic) bond motifs is 1. The van der Waals surface area contributed by atoms with Gasteiger partial charge in [0.2, 0.25) is 11.6 Å². The number of nitrogens with two attached hydrogens (primary N) is 1. The van der Waals surface area contributed by atoms with Gasteiger partial charge in [-0.2, -0.15) is 9.50 Å². The number of nitrogens with zero attached hydrogens (tertiary/aromatic N) is 3. The third-order valence-corrected chi connectivity index (χ3v) is 1.94. The van der Waals surface area contributed by atoms with E-state index in [2.05, 4.69) is 15.4 Å². The van der Waals surface area contributed by atoms with Crippen molar-refractivity contribution in [2.24, 2.45) is 0 Å². The van der Waals surface area contributed by atoms with Crippen molar-refractivity contribution in [3.63, 3.8) is 0 Å². The number of nitrogens with one attached hydrogen (secondary N) is 1. The summed E-state index contributed by atoms with van der Waals surface area (Å²) in [5.41, 5.74) is 6.12. The number of rotatable bonds is 2. The van der Waals surface area contributed by atoms with Crippen LogP contribution in [0.5, 0.6) is 5.75 Å². The van der Waals surface area contributed by atoms with Gasteiger partial charge in [-0.25, -0.2) is 0 Å². The Bertz CT molecular complexity index is 423. The second kappa shape index (κ2) is 3.06. The van der Waals surface area contributed by atoms with E-state index in [0.29, 0.717) is 11.4 Å². The van der Waals surface area contributed by atoms with Crippen LogP contribution in [0.25, 0.3) is 5.65 Å². The fourth-order valence-electron chi connectivity index (χ4n) is 1.30. The predicted octanol–water partition coefficient (Wildman–Crippen LogP) is 0.362.